The molecule has 1 fully saturated rings. The molecule has 1 atom stereocenters. The van der Waals surface area contributed by atoms with Crippen LogP contribution in [0.3, 0.4) is 0 Å². The summed E-state index contributed by atoms with van der Waals surface area (Å²) in [7, 11) is 0. The van der Waals surface area contributed by atoms with E-state index in [9.17, 15) is 0 Å². The van der Waals surface area contributed by atoms with Crippen LogP contribution in [0.15, 0.2) is 0 Å². The van der Waals surface area contributed by atoms with Gasteiger partial charge in [-0.25, -0.2) is 0 Å². The predicted octanol–water partition coefficient (Wildman–Crippen LogP) is -2.13. The summed E-state index contributed by atoms with van der Waals surface area (Å²) >= 11 is 0. The molecule has 0 radical (unpaired) electrons. The van der Waals surface area contributed by atoms with Crippen molar-refractivity contribution in [1.29, 1.82) is 0 Å². The third-order valence-electron chi connectivity index (χ3n) is 0.906. The smallest absolute Gasteiger partial charge is 1.00 e. The summed E-state index contributed by atoms with van der Waals surface area (Å²) in [6, 6.07) is 0. The predicted molar refractivity (Wildman–Crippen MR) is 29.0 cm³/mol. The summed E-state index contributed by atoms with van der Waals surface area (Å²) in [4.78, 5) is 0. The molecule has 1 unspecified atom stereocenters. The largest absolute Gasteiger partial charge is 1.00 e. The molecule has 1 saturated heterocycles. The van der Waals surface area contributed by atoms with E-state index in [1.807, 2.05) is 0 Å². The fourth-order valence-electron chi connectivity index (χ4n) is 0.561. The number of aliphatic hydroxyl groups is 1. The zero-order chi connectivity index (χ0) is 4.41. The Morgan fingerprint density at radius 1 is 1.62 bits per heavy atom. The van der Waals surface area contributed by atoms with Crippen molar-refractivity contribution in [2.75, 3.05) is 6.61 Å². The molecule has 1 aliphatic heterocycles. The fourth-order valence-corrected chi connectivity index (χ4v) is 0.561. The first-order chi connectivity index (χ1) is 2.89. The van der Waals surface area contributed by atoms with E-state index in [2.05, 4.69) is 0 Å². The summed E-state index contributed by atoms with van der Waals surface area (Å²) in [5, 5.41) is 8.51. The summed E-state index contributed by atoms with van der Waals surface area (Å²) in [5.74, 6) is 0. The molecule has 0 aromatic heterocycles. The number of hydrogen-bond donors (Lipinski definition) is 1. The van der Waals surface area contributed by atoms with Gasteiger partial charge in [-0.2, -0.15) is 0 Å². The van der Waals surface area contributed by atoms with Gasteiger partial charge in [-0.1, -0.05) is 7.43 Å². The number of rotatable bonds is 0. The molecule has 2 nitrogen and oxygen atoms in total. The minimum absolute atomic E-state index is 0. The van der Waals surface area contributed by atoms with E-state index in [1.54, 1.807) is 0 Å². The molecule has 0 bridgehead atoms. The molecule has 46 valence electrons. The maximum Gasteiger partial charge on any atom is 1.00 e. The molecular formula is C5H13NaO2. The Morgan fingerprint density at radius 3 is 2.38 bits per heavy atom. The van der Waals surface area contributed by atoms with Crippen molar-refractivity contribution in [1.82, 2.24) is 0 Å². The summed E-state index contributed by atoms with van der Waals surface area (Å²) in [6.07, 6.45) is 1.38. The van der Waals surface area contributed by atoms with E-state index < -0.39 is 6.29 Å². The average molecular weight is 128 g/mol. The molecule has 8 heavy (non-hydrogen) atoms. The summed E-state index contributed by atoms with van der Waals surface area (Å²) in [6.45, 7) is 0.737. The molecule has 0 amide bonds. The van der Waals surface area contributed by atoms with Crippen LogP contribution in [0.5, 0.6) is 0 Å². The molecule has 1 heterocycles. The van der Waals surface area contributed by atoms with Gasteiger partial charge < -0.3 is 11.3 Å². The molecular weight excluding hydrogens is 115 g/mol. The first-order valence-corrected chi connectivity index (χ1v) is 2.19. The normalized spacial score (nSPS) is 25.9. The van der Waals surface area contributed by atoms with Gasteiger partial charge in [-0.05, 0) is 6.42 Å². The minimum Gasteiger partial charge on any atom is -1.00 e. The van der Waals surface area contributed by atoms with E-state index in [-0.39, 0.29) is 38.4 Å². The monoisotopic (exact) mass is 128 g/mol. The van der Waals surface area contributed by atoms with Crippen LogP contribution in [-0.2, 0) is 4.74 Å². The molecule has 1 rings (SSSR count). The maximum atomic E-state index is 8.51. The van der Waals surface area contributed by atoms with Crippen molar-refractivity contribution in [3.8, 4) is 0 Å². The van der Waals surface area contributed by atoms with E-state index in [0.717, 1.165) is 19.4 Å². The number of ether oxygens (including phenoxy) is 1. The van der Waals surface area contributed by atoms with Gasteiger partial charge in [0.1, 0.15) is 0 Å². The minimum atomic E-state index is -0.454. The third-order valence-corrected chi connectivity index (χ3v) is 0.906. The van der Waals surface area contributed by atoms with E-state index in [1.165, 1.54) is 0 Å². The Balaban J connectivity index is -0.000000120. The van der Waals surface area contributed by atoms with Crippen LogP contribution < -0.4 is 29.6 Å². The Bertz CT molecular complexity index is 48.2. The molecule has 0 saturated carbocycles. The van der Waals surface area contributed by atoms with Crippen LogP contribution >= 0.6 is 0 Å². The van der Waals surface area contributed by atoms with Crippen LogP contribution in [0.1, 0.15) is 21.7 Å². The molecule has 1 N–H and O–H groups in total. The molecule has 0 aromatic carbocycles. The van der Waals surface area contributed by atoms with E-state index in [4.69, 9.17) is 9.84 Å². The standard InChI is InChI=1S/C4H8O2.CH4.Na.H/c5-4-2-1-3-6-4;;;/h4-5H,1-3H2;1H4;;/q;;+1;-1. The molecule has 1 aliphatic rings. The van der Waals surface area contributed by atoms with Crippen molar-refractivity contribution in [2.24, 2.45) is 0 Å². The van der Waals surface area contributed by atoms with Gasteiger partial charge in [0.15, 0.2) is 6.29 Å². The van der Waals surface area contributed by atoms with E-state index >= 15 is 0 Å². The van der Waals surface area contributed by atoms with Gasteiger partial charge >= 0.3 is 29.6 Å². The van der Waals surface area contributed by atoms with Gasteiger partial charge in [-0.3, -0.25) is 0 Å². The molecule has 0 aliphatic carbocycles. The molecule has 0 aromatic rings. The van der Waals surface area contributed by atoms with Gasteiger partial charge in [0.25, 0.3) is 0 Å². The average Bonchev–Trinajstić information content (AvgIpc) is 1.86. The van der Waals surface area contributed by atoms with Crippen molar-refractivity contribution in [2.45, 2.75) is 26.6 Å². The second-order valence-electron chi connectivity index (χ2n) is 1.47. The summed E-state index contributed by atoms with van der Waals surface area (Å²) < 4.78 is 4.71. The number of hydrogen-bond acceptors (Lipinski definition) is 2. The Labute approximate surface area is 74.0 Å². The SMILES string of the molecule is C.OC1CCCO1.[H-].[Na+]. The van der Waals surface area contributed by atoms with Crippen molar-refractivity contribution in [3.05, 3.63) is 0 Å². The molecule has 0 spiro atoms. The van der Waals surface area contributed by atoms with Crippen LogP contribution in [0.4, 0.5) is 0 Å². The Hall–Kier alpha value is 0.920. The quantitative estimate of drug-likeness (QED) is 0.377. The van der Waals surface area contributed by atoms with Crippen molar-refractivity contribution >= 4 is 0 Å². The van der Waals surface area contributed by atoms with Crippen LogP contribution in [0, 0.1) is 0 Å². The van der Waals surface area contributed by atoms with Gasteiger partial charge in [-0.15, -0.1) is 0 Å². The maximum absolute atomic E-state index is 8.51. The van der Waals surface area contributed by atoms with Gasteiger partial charge in [0.05, 0.1) is 0 Å². The first kappa shape index (κ1) is 11.7. The van der Waals surface area contributed by atoms with Crippen LogP contribution in [0.25, 0.3) is 0 Å². The first-order valence-electron chi connectivity index (χ1n) is 2.19. The second-order valence-corrected chi connectivity index (χ2v) is 1.47. The zero-order valence-corrected chi connectivity index (χ0v) is 6.55. The van der Waals surface area contributed by atoms with E-state index in [0.29, 0.717) is 0 Å². The summed E-state index contributed by atoms with van der Waals surface area (Å²) in [5.41, 5.74) is 0. The van der Waals surface area contributed by atoms with Crippen molar-refractivity contribution in [3.63, 3.8) is 0 Å². The third kappa shape index (κ3) is 3.87. The Kier molecular flexibility index (Phi) is 8.83. The molecule has 3 heteroatoms. The Morgan fingerprint density at radius 2 is 2.25 bits per heavy atom. The van der Waals surface area contributed by atoms with Gasteiger partial charge in [0.2, 0.25) is 0 Å². The van der Waals surface area contributed by atoms with Crippen molar-refractivity contribution < 1.29 is 40.8 Å². The fraction of sp³-hybridized carbons (Fsp3) is 1.00. The topological polar surface area (TPSA) is 29.5 Å². The van der Waals surface area contributed by atoms with Crippen LogP contribution in [-0.4, -0.2) is 18.0 Å². The van der Waals surface area contributed by atoms with Gasteiger partial charge in [0, 0.05) is 13.0 Å². The van der Waals surface area contributed by atoms with Crippen LogP contribution in [0.2, 0.25) is 0 Å². The second kappa shape index (κ2) is 6.05. The zero-order valence-electron chi connectivity index (χ0n) is 5.55. The number of aliphatic hydroxyl groups excluding tert-OH is 1.